The Labute approximate surface area is 143 Å². The SMILES string of the molecule is CC(C)C(NC(=O)c1cc(F)c(Cl)cc1Cl)c1ccc(F)cc1. The average molecular weight is 358 g/mol. The first-order chi connectivity index (χ1) is 10.8. The van der Waals surface area contributed by atoms with Crippen LogP contribution in [0.25, 0.3) is 0 Å². The van der Waals surface area contributed by atoms with Gasteiger partial charge in [-0.1, -0.05) is 49.2 Å². The summed E-state index contributed by atoms with van der Waals surface area (Å²) in [6, 6.07) is 7.68. The van der Waals surface area contributed by atoms with Crippen LogP contribution in [0.4, 0.5) is 8.78 Å². The molecular formula is C17H15Cl2F2NO. The third kappa shape index (κ3) is 4.21. The number of benzene rings is 2. The van der Waals surface area contributed by atoms with E-state index >= 15 is 0 Å². The van der Waals surface area contributed by atoms with E-state index in [9.17, 15) is 13.6 Å². The molecule has 0 saturated heterocycles. The molecule has 1 atom stereocenters. The molecule has 2 aromatic carbocycles. The number of hydrogen-bond acceptors (Lipinski definition) is 1. The number of amides is 1. The second kappa shape index (κ2) is 7.28. The molecule has 6 heteroatoms. The van der Waals surface area contributed by atoms with Gasteiger partial charge in [-0.05, 0) is 35.7 Å². The summed E-state index contributed by atoms with van der Waals surface area (Å²) in [4.78, 5) is 12.4. The van der Waals surface area contributed by atoms with Gasteiger partial charge in [0.1, 0.15) is 11.6 Å². The Bertz CT molecular complexity index is 717. The summed E-state index contributed by atoms with van der Waals surface area (Å²) in [7, 11) is 0. The fourth-order valence-corrected chi connectivity index (χ4v) is 2.69. The van der Waals surface area contributed by atoms with Gasteiger partial charge in [0.15, 0.2) is 0 Å². The summed E-state index contributed by atoms with van der Waals surface area (Å²) in [5, 5.41) is 2.72. The van der Waals surface area contributed by atoms with E-state index in [1.807, 2.05) is 13.8 Å². The van der Waals surface area contributed by atoms with Crippen molar-refractivity contribution in [2.24, 2.45) is 5.92 Å². The smallest absolute Gasteiger partial charge is 0.253 e. The second-order valence-electron chi connectivity index (χ2n) is 5.49. The highest BCUT2D eigenvalue weighted by molar-refractivity contribution is 6.36. The standard InChI is InChI=1S/C17H15Cl2F2NO/c1-9(2)16(10-3-5-11(20)6-4-10)22-17(23)12-7-15(21)14(19)8-13(12)18/h3-9,16H,1-2H3,(H,22,23). The van der Waals surface area contributed by atoms with Gasteiger partial charge in [-0.15, -0.1) is 0 Å². The molecule has 1 unspecified atom stereocenters. The number of carbonyl (C=O) groups is 1. The minimum Gasteiger partial charge on any atom is -0.345 e. The van der Waals surface area contributed by atoms with Crippen LogP contribution >= 0.6 is 23.2 Å². The van der Waals surface area contributed by atoms with Gasteiger partial charge in [0.25, 0.3) is 5.91 Å². The minimum absolute atomic E-state index is 0.00123. The Morgan fingerprint density at radius 2 is 1.65 bits per heavy atom. The molecule has 0 aliphatic rings. The zero-order valence-corrected chi connectivity index (χ0v) is 14.1. The summed E-state index contributed by atoms with van der Waals surface area (Å²) in [5.41, 5.74) is 0.752. The summed E-state index contributed by atoms with van der Waals surface area (Å²) in [6.07, 6.45) is 0. The third-order valence-corrected chi connectivity index (χ3v) is 4.04. The predicted molar refractivity (Wildman–Crippen MR) is 87.9 cm³/mol. The van der Waals surface area contributed by atoms with Crippen LogP contribution < -0.4 is 5.32 Å². The van der Waals surface area contributed by atoms with Crippen molar-refractivity contribution < 1.29 is 13.6 Å². The van der Waals surface area contributed by atoms with Gasteiger partial charge in [0, 0.05) is 0 Å². The molecule has 0 radical (unpaired) electrons. The van der Waals surface area contributed by atoms with Crippen LogP contribution in [0.2, 0.25) is 10.0 Å². The quantitative estimate of drug-likeness (QED) is 0.729. The first-order valence-corrected chi connectivity index (χ1v) is 7.76. The predicted octanol–water partition coefficient (Wildman–Crippen LogP) is 5.40. The van der Waals surface area contributed by atoms with Crippen LogP contribution in [0.3, 0.4) is 0 Å². The Morgan fingerprint density at radius 1 is 1.04 bits per heavy atom. The van der Waals surface area contributed by atoms with E-state index in [0.717, 1.165) is 11.6 Å². The molecule has 2 aromatic rings. The van der Waals surface area contributed by atoms with Crippen LogP contribution in [0, 0.1) is 17.6 Å². The maximum Gasteiger partial charge on any atom is 0.253 e. The van der Waals surface area contributed by atoms with Gasteiger partial charge >= 0.3 is 0 Å². The maximum atomic E-state index is 13.6. The largest absolute Gasteiger partial charge is 0.345 e. The van der Waals surface area contributed by atoms with Crippen molar-refractivity contribution in [3.05, 3.63) is 69.2 Å². The monoisotopic (exact) mass is 357 g/mol. The maximum absolute atomic E-state index is 13.6. The Balaban J connectivity index is 2.28. The summed E-state index contributed by atoms with van der Waals surface area (Å²) >= 11 is 11.6. The van der Waals surface area contributed by atoms with Gasteiger partial charge in [0.05, 0.1) is 21.7 Å². The Hall–Kier alpha value is -1.65. The first-order valence-electron chi connectivity index (χ1n) is 7.00. The van der Waals surface area contributed by atoms with E-state index in [1.165, 1.54) is 18.2 Å². The highest BCUT2D eigenvalue weighted by atomic mass is 35.5. The molecule has 0 aliphatic heterocycles. The molecule has 0 spiro atoms. The van der Waals surface area contributed by atoms with Gasteiger partial charge in [0.2, 0.25) is 0 Å². The van der Waals surface area contributed by atoms with Crippen LogP contribution in [0.15, 0.2) is 36.4 Å². The van der Waals surface area contributed by atoms with Crippen molar-refractivity contribution in [2.45, 2.75) is 19.9 Å². The topological polar surface area (TPSA) is 29.1 Å². The van der Waals surface area contributed by atoms with Crippen LogP contribution in [-0.2, 0) is 0 Å². The van der Waals surface area contributed by atoms with E-state index < -0.39 is 11.7 Å². The van der Waals surface area contributed by atoms with Crippen LogP contribution in [0.1, 0.15) is 35.8 Å². The molecule has 2 rings (SSSR count). The Kier molecular flexibility index (Phi) is 5.60. The van der Waals surface area contributed by atoms with Gasteiger partial charge in [-0.2, -0.15) is 0 Å². The second-order valence-corrected chi connectivity index (χ2v) is 6.31. The van der Waals surface area contributed by atoms with E-state index in [2.05, 4.69) is 5.32 Å². The summed E-state index contributed by atoms with van der Waals surface area (Å²) < 4.78 is 26.6. The summed E-state index contributed by atoms with van der Waals surface area (Å²) in [5.74, 6) is -1.55. The first kappa shape index (κ1) is 17.7. The van der Waals surface area contributed by atoms with Crippen LogP contribution in [-0.4, -0.2) is 5.91 Å². The molecule has 1 amide bonds. The highest BCUT2D eigenvalue weighted by Crippen LogP contribution is 2.27. The molecule has 0 aromatic heterocycles. The molecular weight excluding hydrogens is 343 g/mol. The van der Waals surface area contributed by atoms with Gasteiger partial charge in [-0.3, -0.25) is 4.79 Å². The van der Waals surface area contributed by atoms with E-state index in [-0.39, 0.29) is 33.4 Å². The molecule has 0 heterocycles. The van der Waals surface area contributed by atoms with E-state index in [1.54, 1.807) is 12.1 Å². The number of rotatable bonds is 4. The number of nitrogens with one attached hydrogen (secondary N) is 1. The molecule has 2 nitrogen and oxygen atoms in total. The van der Waals surface area contributed by atoms with E-state index in [4.69, 9.17) is 23.2 Å². The molecule has 122 valence electrons. The lowest BCUT2D eigenvalue weighted by Crippen LogP contribution is -2.32. The minimum atomic E-state index is -0.718. The number of carbonyl (C=O) groups excluding carboxylic acids is 1. The van der Waals surface area contributed by atoms with Crippen molar-refractivity contribution in [3.8, 4) is 0 Å². The van der Waals surface area contributed by atoms with Gasteiger partial charge < -0.3 is 5.32 Å². The Morgan fingerprint density at radius 3 is 2.22 bits per heavy atom. The van der Waals surface area contributed by atoms with Crippen molar-refractivity contribution in [2.75, 3.05) is 0 Å². The number of halogens is 4. The lowest BCUT2D eigenvalue weighted by Gasteiger charge is -2.23. The molecule has 23 heavy (non-hydrogen) atoms. The molecule has 1 N–H and O–H groups in total. The van der Waals surface area contributed by atoms with E-state index in [0.29, 0.717) is 0 Å². The van der Waals surface area contributed by atoms with Crippen molar-refractivity contribution in [3.63, 3.8) is 0 Å². The lowest BCUT2D eigenvalue weighted by molar-refractivity contribution is 0.0925. The fraction of sp³-hybridized carbons (Fsp3) is 0.235. The van der Waals surface area contributed by atoms with Gasteiger partial charge in [-0.25, -0.2) is 8.78 Å². The number of hydrogen-bond donors (Lipinski definition) is 1. The molecule has 0 saturated carbocycles. The third-order valence-electron chi connectivity index (χ3n) is 3.44. The zero-order chi connectivity index (χ0) is 17.1. The van der Waals surface area contributed by atoms with Crippen molar-refractivity contribution in [1.82, 2.24) is 5.32 Å². The fourth-order valence-electron chi connectivity index (χ4n) is 2.22. The lowest BCUT2D eigenvalue weighted by atomic mass is 9.95. The zero-order valence-electron chi connectivity index (χ0n) is 12.5. The molecule has 0 fully saturated rings. The average Bonchev–Trinajstić information content (AvgIpc) is 2.49. The van der Waals surface area contributed by atoms with Crippen LogP contribution in [0.5, 0.6) is 0 Å². The summed E-state index contributed by atoms with van der Waals surface area (Å²) in [6.45, 7) is 3.83. The molecule has 0 aliphatic carbocycles. The van der Waals surface area contributed by atoms with Crippen molar-refractivity contribution in [1.29, 1.82) is 0 Å². The van der Waals surface area contributed by atoms with Crippen molar-refractivity contribution >= 4 is 29.1 Å². The molecule has 0 bridgehead atoms. The highest BCUT2D eigenvalue weighted by Gasteiger charge is 2.21. The normalized spacial score (nSPS) is 12.3.